The van der Waals surface area contributed by atoms with Crippen LogP contribution < -0.4 is 14.2 Å². The van der Waals surface area contributed by atoms with Gasteiger partial charge in [0.25, 0.3) is 0 Å². The standard InChI is InChI=1S/C18H17NO4/c1-22-15-10-13-8-9-19(21)17(14(13)11-16(15)23-2)18(20)12-6-4-3-5-7-12/h3-11,18,20H,1-2H3. The van der Waals surface area contributed by atoms with Gasteiger partial charge < -0.3 is 19.8 Å². The highest BCUT2D eigenvalue weighted by Gasteiger charge is 2.24. The van der Waals surface area contributed by atoms with Gasteiger partial charge in [0.15, 0.2) is 23.8 Å². The molecule has 1 atom stereocenters. The van der Waals surface area contributed by atoms with Crippen molar-refractivity contribution in [2.75, 3.05) is 14.2 Å². The molecule has 1 unspecified atom stereocenters. The molecule has 0 aliphatic heterocycles. The quantitative estimate of drug-likeness (QED) is 0.594. The van der Waals surface area contributed by atoms with Gasteiger partial charge in [0.1, 0.15) is 0 Å². The second kappa shape index (κ2) is 6.14. The van der Waals surface area contributed by atoms with Gasteiger partial charge in [-0.05, 0) is 23.1 Å². The maximum atomic E-state index is 12.3. The van der Waals surface area contributed by atoms with Gasteiger partial charge in [-0.25, -0.2) is 0 Å². The van der Waals surface area contributed by atoms with E-state index in [4.69, 9.17) is 9.47 Å². The van der Waals surface area contributed by atoms with Crippen molar-refractivity contribution < 1.29 is 19.3 Å². The summed E-state index contributed by atoms with van der Waals surface area (Å²) in [6.45, 7) is 0. The maximum absolute atomic E-state index is 12.3. The van der Waals surface area contributed by atoms with E-state index in [0.717, 1.165) is 5.39 Å². The fraction of sp³-hybridized carbons (Fsp3) is 0.167. The van der Waals surface area contributed by atoms with Crippen LogP contribution in [0.2, 0.25) is 0 Å². The molecule has 3 rings (SSSR count). The molecule has 0 bridgehead atoms. The third-order valence-corrected chi connectivity index (χ3v) is 3.83. The number of aliphatic hydroxyl groups is 1. The van der Waals surface area contributed by atoms with Gasteiger partial charge in [-0.2, -0.15) is 4.73 Å². The first kappa shape index (κ1) is 15.1. The van der Waals surface area contributed by atoms with E-state index in [1.807, 2.05) is 18.2 Å². The fourth-order valence-corrected chi connectivity index (χ4v) is 2.66. The zero-order valence-electron chi connectivity index (χ0n) is 12.9. The van der Waals surface area contributed by atoms with Crippen molar-refractivity contribution in [3.8, 4) is 11.5 Å². The van der Waals surface area contributed by atoms with Gasteiger partial charge in [0, 0.05) is 6.07 Å². The minimum absolute atomic E-state index is 0.259. The highest BCUT2D eigenvalue weighted by atomic mass is 16.5. The van der Waals surface area contributed by atoms with Crippen LogP contribution >= 0.6 is 0 Å². The first-order valence-corrected chi connectivity index (χ1v) is 7.16. The van der Waals surface area contributed by atoms with Gasteiger partial charge in [-0.15, -0.1) is 0 Å². The van der Waals surface area contributed by atoms with E-state index in [-0.39, 0.29) is 5.69 Å². The maximum Gasteiger partial charge on any atom is 0.234 e. The van der Waals surface area contributed by atoms with Gasteiger partial charge in [0.05, 0.1) is 19.6 Å². The van der Waals surface area contributed by atoms with Gasteiger partial charge >= 0.3 is 0 Å². The summed E-state index contributed by atoms with van der Waals surface area (Å²) in [6, 6.07) is 14.3. The number of pyridine rings is 1. The lowest BCUT2D eigenvalue weighted by atomic mass is 10.0. The Balaban J connectivity index is 2.25. The lowest BCUT2D eigenvalue weighted by Crippen LogP contribution is -2.33. The minimum Gasteiger partial charge on any atom is -0.618 e. The predicted molar refractivity (Wildman–Crippen MR) is 86.5 cm³/mol. The van der Waals surface area contributed by atoms with Crippen molar-refractivity contribution in [2.45, 2.75) is 6.10 Å². The summed E-state index contributed by atoms with van der Waals surface area (Å²) in [5.74, 6) is 1.08. The summed E-state index contributed by atoms with van der Waals surface area (Å²) in [5, 5.41) is 24.4. The van der Waals surface area contributed by atoms with Crippen LogP contribution in [0.5, 0.6) is 11.5 Å². The smallest absolute Gasteiger partial charge is 0.234 e. The summed E-state index contributed by atoms with van der Waals surface area (Å²) in [6.07, 6.45) is 0.353. The fourth-order valence-electron chi connectivity index (χ4n) is 2.66. The molecule has 0 aliphatic carbocycles. The third-order valence-electron chi connectivity index (χ3n) is 3.83. The van der Waals surface area contributed by atoms with Crippen molar-refractivity contribution in [2.24, 2.45) is 0 Å². The SMILES string of the molecule is COc1cc2cc[n+]([O-])c(C(O)c3ccccc3)c2cc1OC. The molecule has 5 heteroatoms. The summed E-state index contributed by atoms with van der Waals surface area (Å²) in [4.78, 5) is 0. The zero-order chi connectivity index (χ0) is 16.4. The molecule has 3 aromatic rings. The first-order chi connectivity index (χ1) is 11.2. The topological polar surface area (TPSA) is 65.6 Å². The molecule has 118 valence electrons. The second-order valence-corrected chi connectivity index (χ2v) is 5.13. The number of hydrogen-bond donors (Lipinski definition) is 1. The Bertz CT molecular complexity index is 833. The summed E-state index contributed by atoms with van der Waals surface area (Å²) < 4.78 is 11.3. The highest BCUT2D eigenvalue weighted by molar-refractivity contribution is 5.87. The summed E-state index contributed by atoms with van der Waals surface area (Å²) in [7, 11) is 3.09. The van der Waals surface area contributed by atoms with Crippen LogP contribution in [0.1, 0.15) is 17.4 Å². The number of ether oxygens (including phenoxy) is 2. The Labute approximate surface area is 133 Å². The van der Waals surface area contributed by atoms with Crippen LogP contribution in [0, 0.1) is 5.21 Å². The third kappa shape index (κ3) is 2.66. The van der Waals surface area contributed by atoms with E-state index in [9.17, 15) is 10.3 Å². The zero-order valence-corrected chi connectivity index (χ0v) is 12.9. The number of fused-ring (bicyclic) bond motifs is 1. The average Bonchev–Trinajstić information content (AvgIpc) is 2.60. The van der Waals surface area contributed by atoms with Crippen LogP contribution in [0.25, 0.3) is 10.8 Å². The molecule has 1 heterocycles. The molecule has 0 saturated heterocycles. The number of aliphatic hydroxyl groups excluding tert-OH is 1. The Kier molecular flexibility index (Phi) is 4.04. The number of methoxy groups -OCH3 is 2. The van der Waals surface area contributed by atoms with Gasteiger partial charge in [0.2, 0.25) is 5.69 Å². The van der Waals surface area contributed by atoms with Crippen molar-refractivity contribution in [1.82, 2.24) is 0 Å². The summed E-state index contributed by atoms with van der Waals surface area (Å²) >= 11 is 0. The Hall–Kier alpha value is -2.79. The highest BCUT2D eigenvalue weighted by Crippen LogP contribution is 2.35. The minimum atomic E-state index is -1.03. The second-order valence-electron chi connectivity index (χ2n) is 5.13. The average molecular weight is 311 g/mol. The summed E-state index contributed by atoms with van der Waals surface area (Å²) in [5.41, 5.74) is 0.911. The van der Waals surface area contributed by atoms with E-state index in [0.29, 0.717) is 27.2 Å². The van der Waals surface area contributed by atoms with Crippen molar-refractivity contribution in [1.29, 1.82) is 0 Å². The molecule has 0 radical (unpaired) electrons. The molecule has 2 aromatic carbocycles. The van der Waals surface area contributed by atoms with E-state index in [1.165, 1.54) is 13.3 Å². The molecule has 0 amide bonds. The van der Waals surface area contributed by atoms with Gasteiger partial charge in [-0.1, -0.05) is 30.3 Å². The van der Waals surface area contributed by atoms with Gasteiger partial charge in [-0.3, -0.25) is 0 Å². The molecule has 0 aliphatic rings. The number of nitrogens with zero attached hydrogens (tertiary/aromatic N) is 1. The van der Waals surface area contributed by atoms with Crippen molar-refractivity contribution in [3.05, 3.63) is 71.2 Å². The number of aromatic nitrogens is 1. The number of rotatable bonds is 4. The molecule has 1 aromatic heterocycles. The van der Waals surface area contributed by atoms with Crippen molar-refractivity contribution in [3.63, 3.8) is 0 Å². The molecule has 0 saturated carbocycles. The largest absolute Gasteiger partial charge is 0.618 e. The Morgan fingerprint density at radius 2 is 1.65 bits per heavy atom. The van der Waals surface area contributed by atoms with Crippen LogP contribution in [0.4, 0.5) is 0 Å². The van der Waals surface area contributed by atoms with E-state index in [1.54, 1.807) is 37.4 Å². The van der Waals surface area contributed by atoms with Crippen LogP contribution in [0.3, 0.4) is 0 Å². The Morgan fingerprint density at radius 1 is 1.00 bits per heavy atom. The molecular weight excluding hydrogens is 294 g/mol. The van der Waals surface area contributed by atoms with Crippen LogP contribution in [0.15, 0.2) is 54.7 Å². The van der Waals surface area contributed by atoms with Crippen LogP contribution in [-0.2, 0) is 0 Å². The first-order valence-electron chi connectivity index (χ1n) is 7.16. The monoisotopic (exact) mass is 311 g/mol. The lowest BCUT2D eigenvalue weighted by molar-refractivity contribution is -0.616. The number of benzene rings is 2. The molecule has 0 fully saturated rings. The van der Waals surface area contributed by atoms with E-state index >= 15 is 0 Å². The normalized spacial score (nSPS) is 12.1. The predicted octanol–water partition coefficient (Wildman–Crippen LogP) is 2.57. The van der Waals surface area contributed by atoms with Crippen molar-refractivity contribution >= 4 is 10.8 Å². The molecule has 1 N–H and O–H groups in total. The Morgan fingerprint density at radius 3 is 2.30 bits per heavy atom. The van der Waals surface area contributed by atoms with E-state index in [2.05, 4.69) is 0 Å². The molecule has 0 spiro atoms. The number of hydrogen-bond acceptors (Lipinski definition) is 4. The lowest BCUT2D eigenvalue weighted by Gasteiger charge is -2.15. The molecule has 23 heavy (non-hydrogen) atoms. The molecular formula is C18H17NO4. The van der Waals surface area contributed by atoms with E-state index < -0.39 is 6.10 Å². The molecule has 5 nitrogen and oxygen atoms in total. The van der Waals surface area contributed by atoms with Crippen LogP contribution in [-0.4, -0.2) is 19.3 Å².